The fraction of sp³-hybridized carbons (Fsp3) is 0.0667. The highest BCUT2D eigenvalue weighted by molar-refractivity contribution is 9.10. The number of tetrazole rings is 1. The number of nitrogens with two attached hydrogens (primary N) is 1. The molecule has 3 aromatic rings. The summed E-state index contributed by atoms with van der Waals surface area (Å²) in [4.78, 5) is 0. The Morgan fingerprint density at radius 1 is 1.25 bits per heavy atom. The van der Waals surface area contributed by atoms with Crippen LogP contribution in [0.2, 0.25) is 0 Å². The van der Waals surface area contributed by atoms with Crippen LogP contribution < -0.4 is 10.5 Å². The maximum Gasteiger partial charge on any atom is 0.170 e. The van der Waals surface area contributed by atoms with Gasteiger partial charge in [-0.25, -0.2) is 0 Å². The number of halogens is 1. The minimum Gasteiger partial charge on any atom is -0.487 e. The molecule has 0 spiro atoms. The van der Waals surface area contributed by atoms with Gasteiger partial charge in [-0.2, -0.15) is 4.68 Å². The van der Waals surface area contributed by atoms with E-state index in [9.17, 15) is 0 Å². The van der Waals surface area contributed by atoms with Crippen molar-refractivity contribution in [3.05, 3.63) is 64.4 Å². The first-order chi connectivity index (χ1) is 11.7. The van der Waals surface area contributed by atoms with Gasteiger partial charge in [-0.05, 0) is 46.3 Å². The predicted octanol–water partition coefficient (Wildman–Crippen LogP) is 2.10. The largest absolute Gasteiger partial charge is 0.487 e. The molecule has 0 saturated carbocycles. The molecule has 0 fully saturated rings. The van der Waals surface area contributed by atoms with Crippen LogP contribution >= 0.6 is 15.9 Å². The lowest BCUT2D eigenvalue weighted by molar-refractivity contribution is 0.304. The van der Waals surface area contributed by atoms with Gasteiger partial charge in [0.2, 0.25) is 0 Å². The van der Waals surface area contributed by atoms with E-state index < -0.39 is 0 Å². The molecule has 0 amide bonds. The van der Waals surface area contributed by atoms with Crippen LogP contribution in [-0.4, -0.2) is 31.3 Å². The van der Waals surface area contributed by atoms with Crippen LogP contribution in [0.1, 0.15) is 11.1 Å². The van der Waals surface area contributed by atoms with Crippen molar-refractivity contribution in [3.8, 4) is 11.4 Å². The zero-order valence-corrected chi connectivity index (χ0v) is 14.0. The molecular weight excluding hydrogens is 376 g/mol. The van der Waals surface area contributed by atoms with E-state index in [2.05, 4.69) is 36.6 Å². The molecule has 8 nitrogen and oxygen atoms in total. The van der Waals surface area contributed by atoms with E-state index in [1.165, 1.54) is 11.0 Å². The van der Waals surface area contributed by atoms with Crippen molar-refractivity contribution in [2.45, 2.75) is 6.61 Å². The molecule has 24 heavy (non-hydrogen) atoms. The van der Waals surface area contributed by atoms with Gasteiger partial charge in [-0.1, -0.05) is 33.2 Å². The van der Waals surface area contributed by atoms with E-state index >= 15 is 0 Å². The summed E-state index contributed by atoms with van der Waals surface area (Å²) in [7, 11) is 0. The van der Waals surface area contributed by atoms with Gasteiger partial charge in [-0.3, -0.25) is 0 Å². The lowest BCUT2D eigenvalue weighted by Gasteiger charge is -2.12. The second-order valence-electron chi connectivity index (χ2n) is 4.84. The molecule has 2 aromatic carbocycles. The van der Waals surface area contributed by atoms with Crippen LogP contribution in [0.3, 0.4) is 0 Å². The third kappa shape index (κ3) is 3.51. The Hall–Kier alpha value is -2.94. The number of aromatic nitrogens is 4. The SMILES string of the molecule is NC(=NO)c1ccc(OCc2ccc(Br)cc2)c(-n2cnnn2)c1. The molecule has 0 aliphatic rings. The maximum absolute atomic E-state index is 8.83. The highest BCUT2D eigenvalue weighted by Gasteiger charge is 2.11. The van der Waals surface area contributed by atoms with E-state index in [4.69, 9.17) is 15.7 Å². The number of ether oxygens (including phenoxy) is 1. The molecule has 122 valence electrons. The molecule has 1 aromatic heterocycles. The Labute approximate surface area is 145 Å². The third-order valence-corrected chi connectivity index (χ3v) is 3.79. The number of amidine groups is 1. The number of benzene rings is 2. The Balaban J connectivity index is 1.90. The highest BCUT2D eigenvalue weighted by Crippen LogP contribution is 2.25. The summed E-state index contributed by atoms with van der Waals surface area (Å²) in [6, 6.07) is 12.9. The van der Waals surface area contributed by atoms with Crippen LogP contribution in [0.5, 0.6) is 5.75 Å². The molecular formula is C15H13BrN6O2. The van der Waals surface area contributed by atoms with Gasteiger partial charge >= 0.3 is 0 Å². The van der Waals surface area contributed by atoms with E-state index in [0.717, 1.165) is 10.0 Å². The average Bonchev–Trinajstić information content (AvgIpc) is 3.15. The minimum atomic E-state index is -0.0104. The molecule has 0 atom stereocenters. The number of rotatable bonds is 5. The number of nitrogens with zero attached hydrogens (tertiary/aromatic N) is 5. The van der Waals surface area contributed by atoms with Crippen molar-refractivity contribution in [1.29, 1.82) is 0 Å². The van der Waals surface area contributed by atoms with Crippen LogP contribution in [-0.2, 0) is 6.61 Å². The highest BCUT2D eigenvalue weighted by atomic mass is 79.9. The molecule has 0 saturated heterocycles. The maximum atomic E-state index is 8.83. The zero-order chi connectivity index (χ0) is 16.9. The first-order valence-corrected chi connectivity index (χ1v) is 7.69. The molecule has 0 aliphatic carbocycles. The molecule has 9 heteroatoms. The van der Waals surface area contributed by atoms with Gasteiger partial charge in [0, 0.05) is 10.0 Å². The van der Waals surface area contributed by atoms with E-state index in [1.807, 2.05) is 24.3 Å². The predicted molar refractivity (Wildman–Crippen MR) is 90.1 cm³/mol. The number of oxime groups is 1. The summed E-state index contributed by atoms with van der Waals surface area (Å²) >= 11 is 3.40. The Kier molecular flexibility index (Phi) is 4.71. The van der Waals surface area contributed by atoms with Gasteiger partial charge in [0.15, 0.2) is 5.84 Å². The molecule has 0 unspecified atom stereocenters. The second-order valence-corrected chi connectivity index (χ2v) is 5.75. The van der Waals surface area contributed by atoms with Crippen molar-refractivity contribution < 1.29 is 9.94 Å². The molecule has 0 radical (unpaired) electrons. The molecule has 3 rings (SSSR count). The first kappa shape index (κ1) is 15.9. The fourth-order valence-corrected chi connectivity index (χ4v) is 2.31. The number of hydrogen-bond acceptors (Lipinski definition) is 6. The van der Waals surface area contributed by atoms with Gasteiger partial charge in [0.1, 0.15) is 24.4 Å². The summed E-state index contributed by atoms with van der Waals surface area (Å²) in [5, 5.41) is 22.9. The fourth-order valence-electron chi connectivity index (χ4n) is 2.05. The average molecular weight is 389 g/mol. The van der Waals surface area contributed by atoms with Crippen molar-refractivity contribution >= 4 is 21.8 Å². The standard InChI is InChI=1S/C15H13BrN6O2/c16-12-4-1-10(2-5-12)8-24-14-6-3-11(15(17)19-23)7-13(14)22-9-18-20-21-22/h1-7,9,23H,8H2,(H2,17,19). The van der Waals surface area contributed by atoms with Gasteiger partial charge < -0.3 is 15.7 Å². The van der Waals surface area contributed by atoms with Gasteiger partial charge in [-0.15, -0.1) is 5.10 Å². The van der Waals surface area contributed by atoms with Crippen LogP contribution in [0.15, 0.2) is 58.4 Å². The quantitative estimate of drug-likeness (QED) is 0.299. The van der Waals surface area contributed by atoms with Gasteiger partial charge in [0.05, 0.1) is 0 Å². The first-order valence-electron chi connectivity index (χ1n) is 6.90. The van der Waals surface area contributed by atoms with Crippen molar-refractivity contribution in [2.24, 2.45) is 10.9 Å². The minimum absolute atomic E-state index is 0.0104. The van der Waals surface area contributed by atoms with Crippen LogP contribution in [0, 0.1) is 0 Å². The lowest BCUT2D eigenvalue weighted by Crippen LogP contribution is -2.14. The Bertz CT molecular complexity index is 849. The number of hydrogen-bond donors (Lipinski definition) is 2. The van der Waals surface area contributed by atoms with E-state index in [-0.39, 0.29) is 5.84 Å². The van der Waals surface area contributed by atoms with E-state index in [0.29, 0.717) is 23.6 Å². The van der Waals surface area contributed by atoms with Crippen molar-refractivity contribution in [2.75, 3.05) is 0 Å². The Morgan fingerprint density at radius 2 is 2.04 bits per heavy atom. The topological polar surface area (TPSA) is 111 Å². The second kappa shape index (κ2) is 7.09. The molecule has 0 aliphatic heterocycles. The van der Waals surface area contributed by atoms with Crippen LogP contribution in [0.4, 0.5) is 0 Å². The summed E-state index contributed by atoms with van der Waals surface area (Å²) in [6.45, 7) is 0.380. The third-order valence-electron chi connectivity index (χ3n) is 3.27. The molecule has 3 N–H and O–H groups in total. The van der Waals surface area contributed by atoms with Crippen molar-refractivity contribution in [3.63, 3.8) is 0 Å². The monoisotopic (exact) mass is 388 g/mol. The summed E-state index contributed by atoms with van der Waals surface area (Å²) in [5.74, 6) is 0.559. The van der Waals surface area contributed by atoms with Crippen molar-refractivity contribution in [1.82, 2.24) is 20.2 Å². The smallest absolute Gasteiger partial charge is 0.170 e. The van der Waals surface area contributed by atoms with Crippen LogP contribution in [0.25, 0.3) is 5.69 Å². The summed E-state index contributed by atoms with van der Waals surface area (Å²) < 4.78 is 8.33. The summed E-state index contributed by atoms with van der Waals surface area (Å²) in [6.07, 6.45) is 1.44. The Morgan fingerprint density at radius 3 is 2.71 bits per heavy atom. The molecule has 0 bridgehead atoms. The lowest BCUT2D eigenvalue weighted by atomic mass is 10.1. The van der Waals surface area contributed by atoms with E-state index in [1.54, 1.807) is 18.2 Å². The summed E-state index contributed by atoms with van der Waals surface area (Å²) in [5.41, 5.74) is 7.77. The molecule has 1 heterocycles. The zero-order valence-electron chi connectivity index (χ0n) is 12.4. The normalized spacial score (nSPS) is 11.5. The van der Waals surface area contributed by atoms with Gasteiger partial charge in [0.25, 0.3) is 0 Å².